The van der Waals surface area contributed by atoms with Gasteiger partial charge in [0.15, 0.2) is 0 Å². The van der Waals surface area contributed by atoms with Gasteiger partial charge < -0.3 is 14.5 Å². The summed E-state index contributed by atoms with van der Waals surface area (Å²) >= 11 is 7.24. The number of rotatable bonds is 7. The normalized spacial score (nSPS) is 12.4. The summed E-state index contributed by atoms with van der Waals surface area (Å²) in [5.74, 6) is 0.0702. The molecule has 0 saturated heterocycles. The van der Waals surface area contributed by atoms with E-state index in [9.17, 15) is 9.18 Å². The molecule has 1 N–H and O–H groups in total. The maximum absolute atomic E-state index is 14.0. The number of carbonyl (C=O) groups is 1. The Morgan fingerprint density at radius 1 is 1.19 bits per heavy atom. The summed E-state index contributed by atoms with van der Waals surface area (Å²) in [6.07, 6.45) is -0.148. The van der Waals surface area contributed by atoms with Crippen LogP contribution in [0.4, 0.5) is 9.18 Å². The van der Waals surface area contributed by atoms with E-state index in [-0.39, 0.29) is 16.9 Å². The van der Waals surface area contributed by atoms with Crippen LogP contribution >= 0.6 is 23.4 Å². The fourth-order valence-electron chi connectivity index (χ4n) is 2.72. The van der Waals surface area contributed by atoms with Crippen molar-refractivity contribution in [3.05, 3.63) is 76.4 Å². The smallest absolute Gasteiger partial charge is 0.408 e. The Bertz CT molecular complexity index is 1000. The molecule has 6 nitrogen and oxygen atoms in total. The number of aromatic nitrogens is 2. The van der Waals surface area contributed by atoms with Crippen LogP contribution in [-0.2, 0) is 16.9 Å². The molecular formula is C22H23ClFN3O3S. The predicted molar refractivity (Wildman–Crippen MR) is 118 cm³/mol. The lowest BCUT2D eigenvalue weighted by Gasteiger charge is -2.22. The number of hydrogen-bond donors (Lipinski definition) is 1. The number of nitrogens with zero attached hydrogens (tertiary/aromatic N) is 2. The van der Waals surface area contributed by atoms with Crippen molar-refractivity contribution in [1.82, 2.24) is 15.5 Å². The van der Waals surface area contributed by atoms with Crippen LogP contribution < -0.4 is 5.32 Å². The monoisotopic (exact) mass is 463 g/mol. The quantitative estimate of drug-likeness (QED) is 0.435. The number of nitrogens with one attached hydrogen (secondary N) is 1. The number of thioether (sulfide) groups is 1. The van der Waals surface area contributed by atoms with Crippen molar-refractivity contribution in [2.45, 2.75) is 49.8 Å². The van der Waals surface area contributed by atoms with Gasteiger partial charge in [0.1, 0.15) is 17.5 Å². The number of carbonyl (C=O) groups excluding carboxylic acids is 1. The fraction of sp³-hybridized carbons (Fsp3) is 0.318. The number of hydrogen-bond acceptors (Lipinski definition) is 6. The van der Waals surface area contributed by atoms with Gasteiger partial charge in [0.05, 0.1) is 0 Å². The highest BCUT2D eigenvalue weighted by Gasteiger charge is 2.25. The lowest BCUT2D eigenvalue weighted by atomic mass is 10.1. The first-order chi connectivity index (χ1) is 14.7. The average Bonchev–Trinajstić information content (AvgIpc) is 3.15. The van der Waals surface area contributed by atoms with Crippen molar-refractivity contribution < 1.29 is 18.3 Å². The molecule has 0 aliphatic carbocycles. The largest absolute Gasteiger partial charge is 0.444 e. The van der Waals surface area contributed by atoms with E-state index in [1.807, 2.05) is 30.3 Å². The number of amides is 1. The maximum Gasteiger partial charge on any atom is 0.408 e. The van der Waals surface area contributed by atoms with Crippen LogP contribution in [0.1, 0.15) is 43.8 Å². The third-order valence-corrected chi connectivity index (χ3v) is 5.29. The average molecular weight is 464 g/mol. The summed E-state index contributed by atoms with van der Waals surface area (Å²) in [6, 6.07) is 13.5. The molecule has 0 spiro atoms. The van der Waals surface area contributed by atoms with Crippen LogP contribution in [0.25, 0.3) is 0 Å². The number of halogens is 2. The molecule has 1 unspecified atom stereocenters. The van der Waals surface area contributed by atoms with Crippen molar-refractivity contribution in [2.75, 3.05) is 0 Å². The minimum atomic E-state index is -0.643. The van der Waals surface area contributed by atoms with Gasteiger partial charge in [-0.25, -0.2) is 9.18 Å². The molecule has 0 bridgehead atoms. The Hall–Kier alpha value is -2.58. The van der Waals surface area contributed by atoms with Gasteiger partial charge in [0.2, 0.25) is 5.89 Å². The van der Waals surface area contributed by atoms with Crippen molar-refractivity contribution >= 4 is 29.5 Å². The third kappa shape index (κ3) is 6.97. The number of benzene rings is 2. The molecule has 9 heteroatoms. The second-order valence-corrected chi connectivity index (χ2v) is 9.12. The van der Waals surface area contributed by atoms with Crippen molar-refractivity contribution in [1.29, 1.82) is 0 Å². The topological polar surface area (TPSA) is 77.2 Å². The van der Waals surface area contributed by atoms with E-state index >= 15 is 0 Å². The van der Waals surface area contributed by atoms with Crippen LogP contribution in [0.2, 0.25) is 5.02 Å². The fourth-order valence-corrected chi connectivity index (χ4v) is 3.84. The minimum Gasteiger partial charge on any atom is -0.444 e. The highest BCUT2D eigenvalue weighted by atomic mass is 35.5. The van der Waals surface area contributed by atoms with Gasteiger partial charge in [0, 0.05) is 22.8 Å². The second kappa shape index (κ2) is 10.2. The first-order valence-electron chi connectivity index (χ1n) is 9.64. The first kappa shape index (κ1) is 23.1. The van der Waals surface area contributed by atoms with E-state index in [1.54, 1.807) is 32.9 Å². The molecule has 2 aromatic carbocycles. The van der Waals surface area contributed by atoms with E-state index in [0.717, 1.165) is 5.56 Å². The van der Waals surface area contributed by atoms with Gasteiger partial charge in [-0.05, 0) is 38.5 Å². The predicted octanol–water partition coefficient (Wildman–Crippen LogP) is 5.96. The van der Waals surface area contributed by atoms with Crippen molar-refractivity contribution in [2.24, 2.45) is 0 Å². The van der Waals surface area contributed by atoms with Crippen molar-refractivity contribution in [3.63, 3.8) is 0 Å². The van der Waals surface area contributed by atoms with Crippen LogP contribution in [0.15, 0.2) is 58.2 Å². The van der Waals surface area contributed by atoms with E-state index < -0.39 is 23.6 Å². The molecule has 1 atom stereocenters. The summed E-state index contributed by atoms with van der Waals surface area (Å²) in [5.41, 5.74) is 0.701. The maximum atomic E-state index is 14.0. The van der Waals surface area contributed by atoms with E-state index in [2.05, 4.69) is 15.5 Å². The molecule has 0 aliphatic heterocycles. The molecule has 31 heavy (non-hydrogen) atoms. The van der Waals surface area contributed by atoms with E-state index in [4.69, 9.17) is 20.8 Å². The zero-order valence-corrected chi connectivity index (χ0v) is 19.0. The Morgan fingerprint density at radius 2 is 1.94 bits per heavy atom. The summed E-state index contributed by atoms with van der Waals surface area (Å²) in [6.45, 7) is 5.36. The van der Waals surface area contributed by atoms with Crippen LogP contribution in [0, 0.1) is 5.82 Å². The lowest BCUT2D eigenvalue weighted by Crippen LogP contribution is -2.36. The third-order valence-electron chi connectivity index (χ3n) is 4.10. The van der Waals surface area contributed by atoms with Gasteiger partial charge in [-0.3, -0.25) is 0 Å². The Balaban J connectivity index is 1.74. The zero-order valence-electron chi connectivity index (χ0n) is 17.4. The van der Waals surface area contributed by atoms with Gasteiger partial charge in [-0.2, -0.15) is 0 Å². The lowest BCUT2D eigenvalue weighted by molar-refractivity contribution is 0.0494. The summed E-state index contributed by atoms with van der Waals surface area (Å²) in [4.78, 5) is 12.3. The Kier molecular flexibility index (Phi) is 7.56. The van der Waals surface area contributed by atoms with Crippen LogP contribution in [0.5, 0.6) is 0 Å². The van der Waals surface area contributed by atoms with Crippen LogP contribution in [-0.4, -0.2) is 21.9 Å². The summed E-state index contributed by atoms with van der Waals surface area (Å²) in [7, 11) is 0. The Labute approximate surface area is 189 Å². The van der Waals surface area contributed by atoms with Gasteiger partial charge in [-0.1, -0.05) is 59.8 Å². The zero-order chi connectivity index (χ0) is 22.4. The molecule has 164 valence electrons. The molecule has 3 aromatic rings. The summed E-state index contributed by atoms with van der Waals surface area (Å²) < 4.78 is 25.1. The molecule has 0 fully saturated rings. The molecule has 3 rings (SSSR count). The SMILES string of the molecule is CC(C)(C)OC(=O)NC(Cc1ccccc1)c1nnc(SCc2c(F)cccc2Cl)o1. The van der Waals surface area contributed by atoms with E-state index in [0.29, 0.717) is 17.0 Å². The first-order valence-corrected chi connectivity index (χ1v) is 11.0. The van der Waals surface area contributed by atoms with Crippen LogP contribution in [0.3, 0.4) is 0 Å². The minimum absolute atomic E-state index is 0.232. The van der Waals surface area contributed by atoms with Gasteiger partial charge in [0.25, 0.3) is 5.22 Å². The van der Waals surface area contributed by atoms with Crippen molar-refractivity contribution in [3.8, 4) is 0 Å². The highest BCUT2D eigenvalue weighted by molar-refractivity contribution is 7.98. The molecule has 1 aromatic heterocycles. The Morgan fingerprint density at radius 3 is 2.61 bits per heavy atom. The molecule has 0 saturated carbocycles. The molecule has 0 aliphatic rings. The molecule has 0 radical (unpaired) electrons. The van der Waals surface area contributed by atoms with Gasteiger partial charge >= 0.3 is 6.09 Å². The molecule has 1 heterocycles. The highest BCUT2D eigenvalue weighted by Crippen LogP contribution is 2.29. The molecule has 1 amide bonds. The van der Waals surface area contributed by atoms with Gasteiger partial charge in [-0.15, -0.1) is 10.2 Å². The standard InChI is InChI=1S/C22H23ClFN3O3S/c1-22(2,3)30-20(28)25-18(12-14-8-5-4-6-9-14)19-26-27-21(29-19)31-13-15-16(23)10-7-11-17(15)24/h4-11,18H,12-13H2,1-3H3,(H,25,28). The molecular weight excluding hydrogens is 441 g/mol. The summed E-state index contributed by atoms with van der Waals surface area (Å²) in [5, 5.41) is 11.5. The van der Waals surface area contributed by atoms with E-state index in [1.165, 1.54) is 17.8 Å². The number of alkyl carbamates (subject to hydrolysis) is 1. The second-order valence-electron chi connectivity index (χ2n) is 7.78. The number of ether oxygens (including phenoxy) is 1.